The van der Waals surface area contributed by atoms with Gasteiger partial charge in [-0.25, -0.2) is 4.99 Å². The molecule has 1 aromatic rings. The average Bonchev–Trinajstić information content (AvgIpc) is 3.05. The minimum atomic E-state index is -0.266. The molecule has 0 radical (unpaired) electrons. The van der Waals surface area contributed by atoms with Crippen molar-refractivity contribution in [1.29, 1.82) is 0 Å². The molecule has 1 aromatic carbocycles. The van der Waals surface area contributed by atoms with Crippen molar-refractivity contribution in [2.45, 2.75) is 19.3 Å². The Balaban J connectivity index is 1.64. The lowest BCUT2D eigenvalue weighted by Crippen LogP contribution is -2.35. The van der Waals surface area contributed by atoms with E-state index in [1.165, 1.54) is 5.57 Å². The Morgan fingerprint density at radius 2 is 2.08 bits per heavy atom. The van der Waals surface area contributed by atoms with Crippen LogP contribution in [-0.2, 0) is 4.79 Å². The molecule has 0 fully saturated rings. The first-order valence-corrected chi connectivity index (χ1v) is 9.02. The van der Waals surface area contributed by atoms with Crippen LogP contribution in [0.4, 0.5) is 0 Å². The summed E-state index contributed by atoms with van der Waals surface area (Å²) >= 11 is 2.13. The highest BCUT2D eigenvalue weighted by Crippen LogP contribution is 2.39. The minimum absolute atomic E-state index is 0.00332. The summed E-state index contributed by atoms with van der Waals surface area (Å²) < 4.78 is 0.876. The van der Waals surface area contributed by atoms with Gasteiger partial charge in [0.2, 0.25) is 0 Å². The lowest BCUT2D eigenvalue weighted by atomic mass is 9.85. The predicted molar refractivity (Wildman–Crippen MR) is 101 cm³/mol. The van der Waals surface area contributed by atoms with E-state index in [0.717, 1.165) is 34.1 Å². The van der Waals surface area contributed by atoms with Gasteiger partial charge in [-0.2, -0.15) is 0 Å². The van der Waals surface area contributed by atoms with Gasteiger partial charge in [0.15, 0.2) is 0 Å². The first-order chi connectivity index (χ1) is 11.6. The molecule has 4 nitrogen and oxygen atoms in total. The molecule has 120 valence electrons. The number of fused-ring (bicyclic) bond motifs is 2. The van der Waals surface area contributed by atoms with Crippen LogP contribution in [0, 0.1) is 9.49 Å². The third-order valence-electron chi connectivity index (χ3n) is 4.60. The zero-order valence-corrected chi connectivity index (χ0v) is 15.0. The number of hydrogen-bond acceptors (Lipinski definition) is 2. The predicted octanol–water partition coefficient (Wildman–Crippen LogP) is 3.55. The summed E-state index contributed by atoms with van der Waals surface area (Å²) in [4.78, 5) is 28.8. The van der Waals surface area contributed by atoms with E-state index in [0.29, 0.717) is 11.3 Å². The van der Waals surface area contributed by atoms with Crippen molar-refractivity contribution in [1.82, 2.24) is 5.32 Å². The highest BCUT2D eigenvalue weighted by Gasteiger charge is 2.34. The highest BCUT2D eigenvalue weighted by atomic mass is 127. The number of carbonyl (C=O) groups excluding carboxylic acids is 2. The van der Waals surface area contributed by atoms with E-state index in [-0.39, 0.29) is 17.7 Å². The van der Waals surface area contributed by atoms with Crippen LogP contribution in [0.15, 0.2) is 64.3 Å². The highest BCUT2D eigenvalue weighted by molar-refractivity contribution is 14.1. The smallest absolute Gasteiger partial charge is 0.278 e. The van der Waals surface area contributed by atoms with Crippen LogP contribution in [0.25, 0.3) is 0 Å². The third-order valence-corrected chi connectivity index (χ3v) is 5.54. The first kappa shape index (κ1) is 15.5. The van der Waals surface area contributed by atoms with E-state index in [1.807, 2.05) is 36.4 Å². The third kappa shape index (κ3) is 2.66. The summed E-state index contributed by atoms with van der Waals surface area (Å²) in [6.45, 7) is 0. The van der Waals surface area contributed by atoms with E-state index in [4.69, 9.17) is 0 Å². The SMILES string of the molecule is O=C1NC2=CC(=NC(=O)c3ccccc3I)C=CC2C2=C1CCC2. The molecular weight excluding hydrogens is 415 g/mol. The topological polar surface area (TPSA) is 58.5 Å². The second-order valence-corrected chi connectivity index (χ2v) is 7.23. The fourth-order valence-electron chi connectivity index (χ4n) is 3.47. The molecule has 0 bridgehead atoms. The van der Waals surface area contributed by atoms with Gasteiger partial charge in [-0.1, -0.05) is 18.2 Å². The zero-order chi connectivity index (χ0) is 16.7. The fraction of sp³-hybridized carbons (Fsp3) is 0.211. The zero-order valence-electron chi connectivity index (χ0n) is 12.9. The van der Waals surface area contributed by atoms with Crippen molar-refractivity contribution in [2.75, 3.05) is 0 Å². The molecule has 0 spiro atoms. The Kier molecular flexibility index (Phi) is 3.96. The van der Waals surface area contributed by atoms with Gasteiger partial charge in [-0.05, 0) is 71.7 Å². The van der Waals surface area contributed by atoms with Gasteiger partial charge in [-0.15, -0.1) is 0 Å². The van der Waals surface area contributed by atoms with Gasteiger partial charge in [0.1, 0.15) is 0 Å². The number of hydrogen-bond donors (Lipinski definition) is 1. The summed E-state index contributed by atoms with van der Waals surface area (Å²) in [5, 5.41) is 2.96. The molecule has 0 saturated carbocycles. The molecule has 5 heteroatoms. The van der Waals surface area contributed by atoms with Crippen molar-refractivity contribution in [3.8, 4) is 0 Å². The molecule has 1 atom stereocenters. The van der Waals surface area contributed by atoms with Crippen molar-refractivity contribution in [2.24, 2.45) is 10.9 Å². The molecular formula is C19H15IN2O2. The number of nitrogens with one attached hydrogen (secondary N) is 1. The number of amides is 2. The van der Waals surface area contributed by atoms with Gasteiger partial charge in [0.05, 0.1) is 11.3 Å². The van der Waals surface area contributed by atoms with Crippen molar-refractivity contribution in [3.63, 3.8) is 0 Å². The Labute approximate surface area is 153 Å². The van der Waals surface area contributed by atoms with Crippen LogP contribution in [0.3, 0.4) is 0 Å². The fourth-order valence-corrected chi connectivity index (χ4v) is 4.09. The molecule has 4 rings (SSSR count). The van der Waals surface area contributed by atoms with Crippen LogP contribution >= 0.6 is 22.6 Å². The van der Waals surface area contributed by atoms with E-state index in [1.54, 1.807) is 6.07 Å². The Morgan fingerprint density at radius 3 is 2.92 bits per heavy atom. The lowest BCUT2D eigenvalue weighted by Gasteiger charge is -2.28. The Morgan fingerprint density at radius 1 is 1.25 bits per heavy atom. The molecule has 0 saturated heterocycles. The number of carbonyl (C=O) groups is 2. The molecule has 24 heavy (non-hydrogen) atoms. The van der Waals surface area contributed by atoms with Crippen LogP contribution < -0.4 is 5.32 Å². The number of allylic oxidation sites excluding steroid dienone is 3. The first-order valence-electron chi connectivity index (χ1n) is 7.94. The van der Waals surface area contributed by atoms with Crippen molar-refractivity contribution >= 4 is 40.1 Å². The second-order valence-electron chi connectivity index (χ2n) is 6.07. The van der Waals surface area contributed by atoms with E-state index in [9.17, 15) is 9.59 Å². The monoisotopic (exact) mass is 430 g/mol. The normalized spacial score (nSPS) is 23.7. The maximum absolute atomic E-state index is 12.4. The number of halogens is 1. The molecule has 1 unspecified atom stereocenters. The van der Waals surface area contributed by atoms with E-state index < -0.39 is 0 Å². The molecule has 3 aliphatic rings. The van der Waals surface area contributed by atoms with Crippen molar-refractivity contribution in [3.05, 3.63) is 68.5 Å². The van der Waals surface area contributed by atoms with Crippen molar-refractivity contribution < 1.29 is 9.59 Å². The number of benzene rings is 1. The van der Waals surface area contributed by atoms with E-state index >= 15 is 0 Å². The van der Waals surface area contributed by atoms with Crippen LogP contribution in [-0.4, -0.2) is 17.5 Å². The molecule has 1 aliphatic heterocycles. The molecule has 2 aliphatic carbocycles. The summed E-state index contributed by atoms with van der Waals surface area (Å²) in [7, 11) is 0. The Bertz CT molecular complexity index is 877. The second kappa shape index (κ2) is 6.12. The van der Waals surface area contributed by atoms with Gasteiger partial charge >= 0.3 is 0 Å². The average molecular weight is 430 g/mol. The summed E-state index contributed by atoms with van der Waals surface area (Å²) in [6, 6.07) is 7.38. The molecule has 0 aromatic heterocycles. The van der Waals surface area contributed by atoms with Gasteiger partial charge in [0.25, 0.3) is 11.8 Å². The number of aliphatic imine (C=N–C) groups is 1. The van der Waals surface area contributed by atoms with Crippen LogP contribution in [0.2, 0.25) is 0 Å². The summed E-state index contributed by atoms with van der Waals surface area (Å²) in [5.74, 6) is -0.132. The number of nitrogens with zero attached hydrogens (tertiary/aromatic N) is 1. The summed E-state index contributed by atoms with van der Waals surface area (Å²) in [5.41, 5.74) is 4.17. The standard InChI is InChI=1S/C19H15IN2O2/c20-16-7-2-1-4-15(16)19(24)21-11-8-9-13-12-5-3-6-14(12)18(23)22-17(13)10-11/h1-2,4,7-10,13H,3,5-6H2,(H,22,23). The molecule has 1 N–H and O–H groups in total. The summed E-state index contributed by atoms with van der Waals surface area (Å²) in [6.07, 6.45) is 8.62. The quantitative estimate of drug-likeness (QED) is 0.693. The number of rotatable bonds is 1. The Hall–Kier alpha value is -2.02. The van der Waals surface area contributed by atoms with Gasteiger partial charge < -0.3 is 5.32 Å². The van der Waals surface area contributed by atoms with Gasteiger partial charge in [-0.3, -0.25) is 9.59 Å². The maximum atomic E-state index is 12.4. The maximum Gasteiger partial charge on any atom is 0.278 e. The lowest BCUT2D eigenvalue weighted by molar-refractivity contribution is -0.117. The molecule has 2 amide bonds. The van der Waals surface area contributed by atoms with Crippen LogP contribution in [0.5, 0.6) is 0 Å². The molecule has 1 heterocycles. The minimum Gasteiger partial charge on any atom is -0.325 e. The largest absolute Gasteiger partial charge is 0.325 e. The van der Waals surface area contributed by atoms with E-state index in [2.05, 4.69) is 32.9 Å². The van der Waals surface area contributed by atoms with Gasteiger partial charge in [0, 0.05) is 20.8 Å². The van der Waals surface area contributed by atoms with Crippen LogP contribution in [0.1, 0.15) is 29.6 Å².